The molecular weight excluding hydrogens is 499 g/mol. The molecule has 0 radical (unpaired) electrons. The second-order valence-corrected chi connectivity index (χ2v) is 11.1. The summed E-state index contributed by atoms with van der Waals surface area (Å²) in [5, 5.41) is 13.3. The van der Waals surface area contributed by atoms with Gasteiger partial charge in [-0.25, -0.2) is 4.98 Å². The Labute approximate surface area is 216 Å². The number of benzene rings is 2. The van der Waals surface area contributed by atoms with E-state index in [1.54, 1.807) is 30.3 Å². The summed E-state index contributed by atoms with van der Waals surface area (Å²) in [4.78, 5) is 5.47. The van der Waals surface area contributed by atoms with Crippen LogP contribution in [0.4, 0.5) is 13.2 Å². The van der Waals surface area contributed by atoms with E-state index in [1.165, 1.54) is 22.5 Å². The zero-order valence-electron chi connectivity index (χ0n) is 20.0. The minimum atomic E-state index is -4.64. The highest BCUT2D eigenvalue weighted by Gasteiger charge is 2.42. The first kappa shape index (κ1) is 24.3. The fraction of sp³-hybridized carbons (Fsp3) is 0.357. The van der Waals surface area contributed by atoms with Gasteiger partial charge in [-0.2, -0.15) is 13.2 Å². The average molecular weight is 526 g/mol. The second kappa shape index (κ2) is 9.08. The Kier molecular flexibility index (Phi) is 5.97. The Hall–Kier alpha value is -3.01. The maximum absolute atomic E-state index is 14.2. The van der Waals surface area contributed by atoms with Crippen molar-refractivity contribution >= 4 is 11.3 Å². The summed E-state index contributed by atoms with van der Waals surface area (Å²) in [6.07, 6.45) is 0.109. The van der Waals surface area contributed by atoms with Crippen LogP contribution in [0.25, 0.3) is 32.5 Å². The van der Waals surface area contributed by atoms with Crippen molar-refractivity contribution in [3.63, 3.8) is 0 Å². The molecule has 0 unspecified atom stereocenters. The van der Waals surface area contributed by atoms with E-state index in [9.17, 15) is 18.3 Å². The molecule has 5 nitrogen and oxygen atoms in total. The highest BCUT2D eigenvalue weighted by Crippen LogP contribution is 2.48. The molecule has 6 rings (SSSR count). The van der Waals surface area contributed by atoms with Gasteiger partial charge in [0.25, 0.3) is 0 Å². The fourth-order valence-corrected chi connectivity index (χ4v) is 6.92. The highest BCUT2D eigenvalue weighted by molar-refractivity contribution is 7.18. The Balaban J connectivity index is 1.35. The molecule has 0 saturated heterocycles. The minimum Gasteiger partial charge on any atom is -0.396 e. The van der Waals surface area contributed by atoms with Crippen LogP contribution in [-0.4, -0.2) is 27.4 Å². The van der Waals surface area contributed by atoms with Gasteiger partial charge in [-0.3, -0.25) is 0 Å². The highest BCUT2D eigenvalue weighted by atomic mass is 32.1. The fourth-order valence-electron chi connectivity index (χ4n) is 5.76. The largest absolute Gasteiger partial charge is 0.422 e. The van der Waals surface area contributed by atoms with Crippen LogP contribution in [0.5, 0.6) is 0 Å². The lowest BCUT2D eigenvalue weighted by Gasteiger charge is -2.23. The predicted octanol–water partition coefficient (Wildman–Crippen LogP) is 6.60. The smallest absolute Gasteiger partial charge is 0.396 e. The molecule has 2 aromatic heterocycles. The van der Waals surface area contributed by atoms with Crippen LogP contribution >= 0.6 is 11.3 Å². The monoisotopic (exact) mass is 525 g/mol. The van der Waals surface area contributed by atoms with E-state index in [0.29, 0.717) is 24.3 Å². The summed E-state index contributed by atoms with van der Waals surface area (Å²) in [5.74, 6) is 0.0123. The molecule has 9 heteroatoms. The van der Waals surface area contributed by atoms with Gasteiger partial charge in [0.2, 0.25) is 5.76 Å². The first-order valence-electron chi connectivity index (χ1n) is 12.4. The van der Waals surface area contributed by atoms with E-state index < -0.39 is 11.7 Å². The van der Waals surface area contributed by atoms with E-state index in [-0.39, 0.29) is 28.6 Å². The number of nitrogens with zero attached hydrogens (tertiary/aromatic N) is 2. The summed E-state index contributed by atoms with van der Waals surface area (Å²) in [6.45, 7) is 0.0952. The number of thiazole rings is 1. The van der Waals surface area contributed by atoms with Crippen LogP contribution in [0.2, 0.25) is 0 Å². The van der Waals surface area contributed by atoms with Crippen molar-refractivity contribution in [1.29, 1.82) is 0 Å². The van der Waals surface area contributed by atoms with Crippen LogP contribution < -0.4 is 5.73 Å². The van der Waals surface area contributed by atoms with Gasteiger partial charge in [0.05, 0.1) is 10.6 Å². The first-order chi connectivity index (χ1) is 17.8. The van der Waals surface area contributed by atoms with E-state index in [0.717, 1.165) is 41.8 Å². The molecule has 2 heterocycles. The number of halogens is 3. The van der Waals surface area contributed by atoms with E-state index in [2.05, 4.69) is 28.3 Å². The number of aliphatic hydroxyl groups excluding tert-OH is 1. The van der Waals surface area contributed by atoms with Gasteiger partial charge < -0.3 is 15.4 Å². The van der Waals surface area contributed by atoms with Crippen LogP contribution in [0.3, 0.4) is 0 Å². The SMILES string of the molecule is N[C@@]1(CCO)CC[C@H](c2ccc3c(c2)CCc2nc(-c4onc(-c5ccccc5)c4C(F)(F)F)sc2-3)C1. The lowest BCUT2D eigenvalue weighted by molar-refractivity contribution is -0.136. The molecule has 0 aliphatic heterocycles. The standard InChI is InChI=1S/C28H26F3N3O2S/c29-28(30,31)22-23(16-4-2-1-3-5-16)34-36-24(22)26-33-21-9-7-18-14-17(6-8-20(18)25(21)37-26)19-10-11-27(32,15-19)12-13-35/h1-6,8,14,19,35H,7,9-13,15,32H2/t19-,27+/m0/s1. The second-order valence-electron chi connectivity index (χ2n) is 10.1. The van der Waals surface area contributed by atoms with E-state index in [4.69, 9.17) is 10.3 Å². The normalized spacial score (nSPS) is 21.2. The topological polar surface area (TPSA) is 85.2 Å². The zero-order chi connectivity index (χ0) is 25.8. The molecule has 1 fully saturated rings. The van der Waals surface area contributed by atoms with Crippen LogP contribution in [0, 0.1) is 0 Å². The number of alkyl halides is 3. The molecule has 4 aromatic rings. The zero-order valence-corrected chi connectivity index (χ0v) is 20.8. The van der Waals surface area contributed by atoms with Crippen molar-refractivity contribution in [3.05, 3.63) is 70.9 Å². The number of fused-ring (bicyclic) bond motifs is 3. The van der Waals surface area contributed by atoms with Crippen molar-refractivity contribution < 1.29 is 22.8 Å². The Morgan fingerprint density at radius 3 is 2.70 bits per heavy atom. The summed E-state index contributed by atoms with van der Waals surface area (Å²) in [5.41, 5.74) is 9.59. The maximum Gasteiger partial charge on any atom is 0.422 e. The minimum absolute atomic E-state index is 0.0952. The quantitative estimate of drug-likeness (QED) is 0.307. The summed E-state index contributed by atoms with van der Waals surface area (Å²) in [7, 11) is 0. The molecule has 2 aliphatic rings. The maximum atomic E-state index is 14.2. The summed E-state index contributed by atoms with van der Waals surface area (Å²) >= 11 is 1.22. The van der Waals surface area contributed by atoms with Crippen molar-refractivity contribution in [3.8, 4) is 32.5 Å². The predicted molar refractivity (Wildman–Crippen MR) is 136 cm³/mol. The lowest BCUT2D eigenvalue weighted by atomic mass is 9.87. The Morgan fingerprint density at radius 1 is 1.14 bits per heavy atom. The van der Waals surface area contributed by atoms with E-state index >= 15 is 0 Å². The van der Waals surface area contributed by atoms with Gasteiger partial charge in [-0.15, -0.1) is 11.3 Å². The van der Waals surface area contributed by atoms with Crippen LogP contribution in [0.1, 0.15) is 54.0 Å². The van der Waals surface area contributed by atoms with Gasteiger partial charge in [0.1, 0.15) is 11.3 Å². The molecule has 37 heavy (non-hydrogen) atoms. The van der Waals surface area contributed by atoms with Crippen molar-refractivity contribution in [1.82, 2.24) is 10.1 Å². The number of hydrogen-bond acceptors (Lipinski definition) is 6. The Morgan fingerprint density at radius 2 is 1.95 bits per heavy atom. The molecule has 2 atom stereocenters. The summed E-state index contributed by atoms with van der Waals surface area (Å²) < 4.78 is 47.9. The average Bonchev–Trinajstić information content (AvgIpc) is 3.60. The number of hydrogen-bond donors (Lipinski definition) is 2. The van der Waals surface area contributed by atoms with Gasteiger partial charge in [-0.05, 0) is 61.1 Å². The first-order valence-corrected chi connectivity index (χ1v) is 13.2. The molecule has 192 valence electrons. The number of nitrogens with two attached hydrogens (primary N) is 1. The third kappa shape index (κ3) is 4.39. The molecule has 2 aromatic carbocycles. The van der Waals surface area contributed by atoms with Gasteiger partial charge in [0, 0.05) is 17.7 Å². The number of aliphatic hydroxyl groups is 1. The van der Waals surface area contributed by atoms with Crippen molar-refractivity contribution in [2.75, 3.05) is 6.61 Å². The van der Waals surface area contributed by atoms with Gasteiger partial charge >= 0.3 is 6.18 Å². The number of aryl methyl sites for hydroxylation is 2. The van der Waals surface area contributed by atoms with E-state index in [1.807, 2.05) is 0 Å². The third-order valence-electron chi connectivity index (χ3n) is 7.64. The summed E-state index contributed by atoms with van der Waals surface area (Å²) in [6, 6.07) is 14.6. The molecule has 0 spiro atoms. The molecule has 2 aliphatic carbocycles. The van der Waals surface area contributed by atoms with Crippen LogP contribution in [0.15, 0.2) is 53.1 Å². The van der Waals surface area contributed by atoms with Gasteiger partial charge in [-0.1, -0.05) is 53.7 Å². The molecule has 0 amide bonds. The molecule has 3 N–H and O–H groups in total. The molecular formula is C28H26F3N3O2S. The Bertz CT molecular complexity index is 1450. The molecule has 1 saturated carbocycles. The molecule has 0 bridgehead atoms. The number of rotatable bonds is 5. The lowest BCUT2D eigenvalue weighted by Crippen LogP contribution is -2.37. The van der Waals surface area contributed by atoms with Crippen molar-refractivity contribution in [2.24, 2.45) is 5.73 Å². The van der Waals surface area contributed by atoms with Crippen molar-refractivity contribution in [2.45, 2.75) is 56.2 Å². The van der Waals surface area contributed by atoms with Gasteiger partial charge in [0.15, 0.2) is 5.01 Å². The number of aromatic nitrogens is 2. The third-order valence-corrected chi connectivity index (χ3v) is 8.77. The van der Waals surface area contributed by atoms with Crippen LogP contribution in [-0.2, 0) is 19.0 Å².